The zero-order valence-electron chi connectivity index (χ0n) is 30.7. The van der Waals surface area contributed by atoms with Gasteiger partial charge in [0.25, 0.3) is 11.8 Å². The molecule has 4 nitrogen and oxygen atoms in total. The number of carbonyl (C=O) groups is 2. The highest BCUT2D eigenvalue weighted by Crippen LogP contribution is 2.48. The first kappa shape index (κ1) is 34.9. The lowest BCUT2D eigenvalue weighted by atomic mass is 9.90. The standard InChI is InChI=1S/C51H31F3N2O2/c52-51(53,54)43-27-12-10-22-36(43)38-24-14-25-39-37-23-11-13-28-44(37)55(47(38)39)45-29-15-26-40-46(45)50(58)56(49(40)57)48-41(33-18-6-2-7-19-33)30-35(32-16-4-1-5-17-32)31-42(48)34-20-8-3-9-21-34/h1-31H. The van der Waals surface area contributed by atoms with Crippen LogP contribution in [0.25, 0.3) is 72.0 Å². The number of hydrogen-bond acceptors (Lipinski definition) is 2. The lowest BCUT2D eigenvalue weighted by molar-refractivity contribution is -0.137. The molecule has 2 amide bonds. The molecule has 0 spiro atoms. The number of rotatable bonds is 6. The van der Waals surface area contributed by atoms with Gasteiger partial charge < -0.3 is 4.57 Å². The fourth-order valence-corrected chi connectivity index (χ4v) is 8.46. The van der Waals surface area contributed by atoms with Crippen LogP contribution in [0.2, 0.25) is 0 Å². The summed E-state index contributed by atoms with van der Waals surface area (Å²) < 4.78 is 45.6. The van der Waals surface area contributed by atoms with Gasteiger partial charge in [-0.3, -0.25) is 9.59 Å². The van der Waals surface area contributed by atoms with E-state index < -0.39 is 23.6 Å². The molecule has 7 heteroatoms. The Bertz CT molecular complexity index is 3020. The Balaban J connectivity index is 1.25. The van der Waals surface area contributed by atoms with Gasteiger partial charge in [-0.05, 0) is 64.2 Å². The lowest BCUT2D eigenvalue weighted by Crippen LogP contribution is -2.30. The van der Waals surface area contributed by atoms with E-state index in [0.717, 1.165) is 33.7 Å². The predicted molar refractivity (Wildman–Crippen MR) is 225 cm³/mol. The molecule has 0 N–H and O–H groups in total. The van der Waals surface area contributed by atoms with E-state index in [1.165, 1.54) is 17.0 Å². The molecule has 0 fully saturated rings. The number of hydrogen-bond donors (Lipinski definition) is 0. The van der Waals surface area contributed by atoms with Gasteiger partial charge in [0.15, 0.2) is 0 Å². The molecule has 2 heterocycles. The maximum absolute atomic E-state index is 15.4. The van der Waals surface area contributed by atoms with Crippen LogP contribution in [0, 0.1) is 0 Å². The maximum atomic E-state index is 15.4. The van der Waals surface area contributed by atoms with Crippen LogP contribution in [0.1, 0.15) is 26.3 Å². The van der Waals surface area contributed by atoms with Crippen molar-refractivity contribution in [2.75, 3.05) is 4.90 Å². The molecule has 0 saturated heterocycles. The van der Waals surface area contributed by atoms with Crippen LogP contribution in [0.3, 0.4) is 0 Å². The molecule has 0 unspecified atom stereocenters. The van der Waals surface area contributed by atoms with Gasteiger partial charge in [0, 0.05) is 27.5 Å². The summed E-state index contributed by atoms with van der Waals surface area (Å²) in [6.45, 7) is 0. The third-order valence-corrected chi connectivity index (χ3v) is 11.0. The number of halogens is 3. The molecule has 10 rings (SSSR count). The number of imide groups is 1. The smallest absolute Gasteiger partial charge is 0.308 e. The monoisotopic (exact) mass is 760 g/mol. The molecule has 1 aromatic heterocycles. The second kappa shape index (κ2) is 13.6. The normalized spacial score (nSPS) is 12.8. The molecule has 0 aliphatic carbocycles. The van der Waals surface area contributed by atoms with E-state index >= 15 is 4.79 Å². The minimum Gasteiger partial charge on any atom is -0.308 e. The third-order valence-electron chi connectivity index (χ3n) is 11.0. The van der Waals surface area contributed by atoms with Crippen LogP contribution < -0.4 is 4.90 Å². The average Bonchev–Trinajstić information content (AvgIpc) is 3.74. The summed E-state index contributed by atoms with van der Waals surface area (Å²) >= 11 is 0. The molecule has 0 saturated carbocycles. The zero-order valence-corrected chi connectivity index (χ0v) is 30.7. The van der Waals surface area contributed by atoms with E-state index in [1.54, 1.807) is 36.4 Å². The molecule has 9 aromatic rings. The molecule has 0 radical (unpaired) electrons. The Morgan fingerprint density at radius 3 is 1.59 bits per heavy atom. The largest absolute Gasteiger partial charge is 0.417 e. The van der Waals surface area contributed by atoms with Crippen molar-refractivity contribution in [1.82, 2.24) is 4.57 Å². The third kappa shape index (κ3) is 5.54. The molecule has 278 valence electrons. The van der Waals surface area contributed by atoms with Crippen LogP contribution in [0.5, 0.6) is 0 Å². The van der Waals surface area contributed by atoms with Gasteiger partial charge in [0.2, 0.25) is 0 Å². The van der Waals surface area contributed by atoms with Crippen molar-refractivity contribution in [3.63, 3.8) is 0 Å². The fraction of sp³-hybridized carbons (Fsp3) is 0.0196. The molecule has 58 heavy (non-hydrogen) atoms. The Morgan fingerprint density at radius 2 is 0.931 bits per heavy atom. The van der Waals surface area contributed by atoms with E-state index in [0.29, 0.717) is 44.5 Å². The van der Waals surface area contributed by atoms with Crippen LogP contribution in [-0.4, -0.2) is 16.4 Å². The van der Waals surface area contributed by atoms with Gasteiger partial charge >= 0.3 is 6.18 Å². The average molecular weight is 761 g/mol. The van der Waals surface area contributed by atoms with E-state index in [4.69, 9.17) is 0 Å². The molecular formula is C51H31F3N2O2. The first-order valence-electron chi connectivity index (χ1n) is 18.8. The number of amides is 2. The van der Waals surface area contributed by atoms with Gasteiger partial charge in [-0.15, -0.1) is 0 Å². The quantitative estimate of drug-likeness (QED) is 0.158. The number of para-hydroxylation sites is 2. The number of nitrogens with zero attached hydrogens (tertiary/aromatic N) is 2. The van der Waals surface area contributed by atoms with Crippen LogP contribution in [-0.2, 0) is 6.18 Å². The number of fused-ring (bicyclic) bond motifs is 4. The number of anilines is 1. The summed E-state index contributed by atoms with van der Waals surface area (Å²) in [5, 5.41) is 1.51. The van der Waals surface area contributed by atoms with E-state index in [-0.39, 0.29) is 16.7 Å². The zero-order chi connectivity index (χ0) is 39.5. The maximum Gasteiger partial charge on any atom is 0.417 e. The fourth-order valence-electron chi connectivity index (χ4n) is 8.46. The van der Waals surface area contributed by atoms with E-state index in [9.17, 15) is 18.0 Å². The first-order valence-corrected chi connectivity index (χ1v) is 18.8. The number of alkyl halides is 3. The highest BCUT2D eigenvalue weighted by molar-refractivity contribution is 6.37. The second-order valence-corrected chi connectivity index (χ2v) is 14.3. The highest BCUT2D eigenvalue weighted by atomic mass is 19.4. The van der Waals surface area contributed by atoms with Crippen molar-refractivity contribution < 1.29 is 22.8 Å². The minimum atomic E-state index is -4.62. The van der Waals surface area contributed by atoms with Crippen LogP contribution in [0.4, 0.5) is 18.9 Å². The summed E-state index contributed by atoms with van der Waals surface area (Å²) in [4.78, 5) is 31.7. The van der Waals surface area contributed by atoms with Crippen molar-refractivity contribution in [3.8, 4) is 50.2 Å². The van der Waals surface area contributed by atoms with Crippen molar-refractivity contribution in [2.45, 2.75) is 6.18 Å². The summed E-state index contributed by atoms with van der Waals surface area (Å²) in [6.07, 6.45) is -4.62. The molecule has 0 bridgehead atoms. The summed E-state index contributed by atoms with van der Waals surface area (Å²) in [5.41, 5.74) is 6.89. The Kier molecular flexibility index (Phi) is 8.20. The van der Waals surface area contributed by atoms with Gasteiger partial charge in [0.05, 0.1) is 39.1 Å². The number of benzene rings is 8. The summed E-state index contributed by atoms with van der Waals surface area (Å²) in [6, 6.07) is 56.9. The Hall–Kier alpha value is -7.51. The number of aromatic nitrogens is 1. The van der Waals surface area contributed by atoms with Crippen molar-refractivity contribution in [3.05, 3.63) is 205 Å². The van der Waals surface area contributed by atoms with Gasteiger partial charge in [-0.25, -0.2) is 4.90 Å². The lowest BCUT2D eigenvalue weighted by Gasteiger charge is -2.24. The SMILES string of the molecule is O=C1c2cccc(-n3c4ccccc4c4cccc(-c5ccccc5C(F)(F)F)c43)c2C(=O)N1c1c(-c2ccccc2)cc(-c2ccccc2)cc1-c1ccccc1. The molecule has 8 aromatic carbocycles. The van der Waals surface area contributed by atoms with E-state index in [2.05, 4.69) is 0 Å². The Morgan fingerprint density at radius 1 is 0.414 bits per heavy atom. The topological polar surface area (TPSA) is 42.3 Å². The second-order valence-electron chi connectivity index (χ2n) is 14.3. The summed E-state index contributed by atoms with van der Waals surface area (Å²) in [7, 11) is 0. The predicted octanol–water partition coefficient (Wildman–Crippen LogP) is 13.3. The van der Waals surface area contributed by atoms with Crippen LogP contribution >= 0.6 is 0 Å². The van der Waals surface area contributed by atoms with Crippen LogP contribution in [0.15, 0.2) is 188 Å². The van der Waals surface area contributed by atoms with Crippen molar-refractivity contribution in [2.24, 2.45) is 0 Å². The van der Waals surface area contributed by atoms with Gasteiger partial charge in [-0.2, -0.15) is 13.2 Å². The first-order chi connectivity index (χ1) is 28.3. The highest BCUT2D eigenvalue weighted by Gasteiger charge is 2.42. The summed E-state index contributed by atoms with van der Waals surface area (Å²) in [5.74, 6) is -1.02. The number of carbonyl (C=O) groups excluding carboxylic acids is 2. The molecule has 1 aliphatic rings. The van der Waals surface area contributed by atoms with Crippen molar-refractivity contribution >= 4 is 39.3 Å². The van der Waals surface area contributed by atoms with Gasteiger partial charge in [-0.1, -0.05) is 152 Å². The van der Waals surface area contributed by atoms with Crippen molar-refractivity contribution in [1.29, 1.82) is 0 Å². The molecule has 0 atom stereocenters. The Labute approximate surface area is 331 Å². The van der Waals surface area contributed by atoms with Gasteiger partial charge in [0.1, 0.15) is 0 Å². The van der Waals surface area contributed by atoms with E-state index in [1.807, 2.05) is 138 Å². The molecule has 1 aliphatic heterocycles. The minimum absolute atomic E-state index is 0.0137. The molecular weight excluding hydrogens is 730 g/mol.